The molecule has 4 aromatic carbocycles. The lowest BCUT2D eigenvalue weighted by Gasteiger charge is -2.55. The van der Waals surface area contributed by atoms with E-state index < -0.39 is 35.0 Å². The lowest BCUT2D eigenvalue weighted by molar-refractivity contribution is -0.135. The molecular formula is C41H31ClINO6. The number of ether oxygens (including phenoxy) is 1. The molecule has 50 heavy (non-hydrogen) atoms. The van der Waals surface area contributed by atoms with Crippen LogP contribution in [-0.4, -0.2) is 35.6 Å². The molecule has 4 aliphatic rings. The highest BCUT2D eigenvalue weighted by atomic mass is 127. The number of rotatable bonds is 5. The van der Waals surface area contributed by atoms with Gasteiger partial charge in [-0.1, -0.05) is 83.9 Å². The van der Waals surface area contributed by atoms with Crippen molar-refractivity contribution < 1.29 is 29.0 Å². The molecule has 250 valence electrons. The molecule has 2 amide bonds. The summed E-state index contributed by atoms with van der Waals surface area (Å²) >= 11 is 8.19. The van der Waals surface area contributed by atoms with Crippen molar-refractivity contribution in [2.24, 2.45) is 23.7 Å². The maximum absolute atomic E-state index is 15.2. The second-order valence-electron chi connectivity index (χ2n) is 13.3. The summed E-state index contributed by atoms with van der Waals surface area (Å²) in [5, 5.41) is 11.4. The van der Waals surface area contributed by atoms with Gasteiger partial charge in [0.1, 0.15) is 0 Å². The summed E-state index contributed by atoms with van der Waals surface area (Å²) in [6.45, 7) is 0. The smallest absolute Gasteiger partial charge is 0.238 e. The summed E-state index contributed by atoms with van der Waals surface area (Å²) in [5.41, 5.74) is 2.26. The van der Waals surface area contributed by atoms with Crippen molar-refractivity contribution in [3.8, 4) is 11.5 Å². The highest BCUT2D eigenvalue weighted by molar-refractivity contribution is 14.1. The molecule has 0 aromatic heterocycles. The van der Waals surface area contributed by atoms with Gasteiger partial charge in [0.15, 0.2) is 23.1 Å². The van der Waals surface area contributed by atoms with E-state index in [1.807, 2.05) is 95.4 Å². The number of carbonyl (C=O) groups is 4. The second-order valence-corrected chi connectivity index (χ2v) is 14.9. The van der Waals surface area contributed by atoms with Crippen LogP contribution in [0.5, 0.6) is 11.5 Å². The van der Waals surface area contributed by atoms with Crippen molar-refractivity contribution in [2.75, 3.05) is 12.0 Å². The van der Waals surface area contributed by atoms with Crippen LogP contribution in [0.3, 0.4) is 0 Å². The van der Waals surface area contributed by atoms with Crippen molar-refractivity contribution in [1.29, 1.82) is 0 Å². The highest BCUT2D eigenvalue weighted by Crippen LogP contribution is 2.64. The Hall–Kier alpha value is -4.54. The number of hydrogen-bond acceptors (Lipinski definition) is 6. The highest BCUT2D eigenvalue weighted by Gasteiger charge is 2.66. The molecule has 7 nitrogen and oxygen atoms in total. The van der Waals surface area contributed by atoms with E-state index in [2.05, 4.69) is 0 Å². The fourth-order valence-corrected chi connectivity index (χ4v) is 9.76. The quantitative estimate of drug-likeness (QED) is 0.126. The van der Waals surface area contributed by atoms with E-state index in [0.29, 0.717) is 43.0 Å². The van der Waals surface area contributed by atoms with Crippen LogP contribution in [0, 0.1) is 27.2 Å². The Bertz CT molecular complexity index is 2150. The van der Waals surface area contributed by atoms with Gasteiger partial charge in [-0.2, -0.15) is 0 Å². The second kappa shape index (κ2) is 12.3. The van der Waals surface area contributed by atoms with Gasteiger partial charge in [0.25, 0.3) is 0 Å². The molecule has 1 aliphatic heterocycles. The minimum atomic E-state index is -1.38. The third-order valence-corrected chi connectivity index (χ3v) is 12.1. The third kappa shape index (κ3) is 4.75. The van der Waals surface area contributed by atoms with E-state index in [1.165, 1.54) is 18.1 Å². The number of allylic oxidation sites excluding steroid dienone is 4. The first kappa shape index (κ1) is 32.7. The van der Waals surface area contributed by atoms with Crippen molar-refractivity contribution in [3.05, 3.63) is 140 Å². The average molecular weight is 796 g/mol. The molecule has 6 unspecified atom stereocenters. The first-order valence-electron chi connectivity index (χ1n) is 16.5. The fraction of sp³-hybridized carbons (Fsp3) is 0.220. The SMILES string of the molecule is COc1cc(C2C3=CCC4C(=O)N(c5ccc(Cl)cc5)C(=O)C4C3CC3C(=O)C(c4ccccc4)=CC(=O)C32c2ccccc2)cc(I)c1O. The number of amides is 2. The van der Waals surface area contributed by atoms with Gasteiger partial charge in [0.2, 0.25) is 11.8 Å². The Morgan fingerprint density at radius 2 is 1.56 bits per heavy atom. The Morgan fingerprint density at radius 3 is 2.24 bits per heavy atom. The summed E-state index contributed by atoms with van der Waals surface area (Å²) in [7, 11) is 1.47. The third-order valence-electron chi connectivity index (χ3n) is 11.1. The molecule has 0 radical (unpaired) electrons. The van der Waals surface area contributed by atoms with E-state index >= 15 is 9.59 Å². The molecule has 0 bridgehead atoms. The van der Waals surface area contributed by atoms with E-state index in [0.717, 1.165) is 5.57 Å². The average Bonchev–Trinajstić information content (AvgIpc) is 3.40. The standard InChI is InChI=1S/C41H31ClINO6/c1-50-33-19-23(18-32(43)38(33)47)36-27-16-17-28-35(40(49)44(39(28)48)26-14-12-25(42)13-15-26)30(27)20-31-37(46)29(22-8-4-2-5-9-22)21-34(45)41(31,36)24-10-6-3-7-11-24/h2-16,18-19,21,28,30-31,35-36,47H,17,20H2,1H3. The molecular weight excluding hydrogens is 765 g/mol. The number of aromatic hydroxyl groups is 1. The number of phenolic OH excluding ortho intramolecular Hbond substituents is 1. The summed E-state index contributed by atoms with van der Waals surface area (Å²) in [6, 6.07) is 28.8. The van der Waals surface area contributed by atoms with E-state index in [9.17, 15) is 14.7 Å². The maximum atomic E-state index is 15.2. The number of halogens is 2. The number of benzene rings is 4. The number of hydrogen-bond donors (Lipinski definition) is 1. The number of fused-ring (bicyclic) bond motifs is 4. The molecule has 9 heteroatoms. The van der Waals surface area contributed by atoms with Crippen LogP contribution < -0.4 is 9.64 Å². The summed E-state index contributed by atoms with van der Waals surface area (Å²) < 4.78 is 6.13. The van der Waals surface area contributed by atoms with Crippen LogP contribution in [0.2, 0.25) is 5.02 Å². The number of carbonyl (C=O) groups excluding carboxylic acids is 4. The number of phenols is 1. The molecule has 1 heterocycles. The van der Waals surface area contributed by atoms with Gasteiger partial charge < -0.3 is 9.84 Å². The van der Waals surface area contributed by atoms with Gasteiger partial charge in [-0.05, 0) is 101 Å². The van der Waals surface area contributed by atoms with Crippen molar-refractivity contribution in [1.82, 2.24) is 0 Å². The summed E-state index contributed by atoms with van der Waals surface area (Å²) in [6.07, 6.45) is 4.02. The number of nitrogens with zero attached hydrogens (tertiary/aromatic N) is 1. The number of imide groups is 1. The van der Waals surface area contributed by atoms with Gasteiger partial charge in [0, 0.05) is 22.4 Å². The normalized spacial score (nSPS) is 27.3. The molecule has 2 fully saturated rings. The van der Waals surface area contributed by atoms with Crippen molar-refractivity contribution in [2.45, 2.75) is 24.2 Å². The molecule has 1 saturated carbocycles. The minimum Gasteiger partial charge on any atom is -0.504 e. The van der Waals surface area contributed by atoms with Gasteiger partial charge in [-0.15, -0.1) is 0 Å². The predicted octanol–water partition coefficient (Wildman–Crippen LogP) is 7.69. The van der Waals surface area contributed by atoms with Crippen LogP contribution in [0.15, 0.2) is 115 Å². The fourth-order valence-electron chi connectivity index (χ4n) is 9.01. The topological polar surface area (TPSA) is 101 Å². The molecule has 4 aromatic rings. The van der Waals surface area contributed by atoms with E-state index in [4.69, 9.17) is 16.3 Å². The van der Waals surface area contributed by atoms with Crippen LogP contribution in [0.4, 0.5) is 5.69 Å². The van der Waals surface area contributed by atoms with Gasteiger partial charge in [-0.25, -0.2) is 0 Å². The zero-order chi connectivity index (χ0) is 34.9. The Kier molecular flexibility index (Phi) is 8.06. The first-order chi connectivity index (χ1) is 24.2. The Labute approximate surface area is 307 Å². The minimum absolute atomic E-state index is 0.0281. The number of anilines is 1. The van der Waals surface area contributed by atoms with Crippen LogP contribution in [-0.2, 0) is 24.6 Å². The largest absolute Gasteiger partial charge is 0.504 e. The zero-order valence-corrected chi connectivity index (χ0v) is 29.8. The number of ketones is 2. The predicted molar refractivity (Wildman–Crippen MR) is 198 cm³/mol. The lowest BCUT2D eigenvalue weighted by Crippen LogP contribution is -2.58. The first-order valence-corrected chi connectivity index (χ1v) is 17.9. The molecule has 3 aliphatic carbocycles. The van der Waals surface area contributed by atoms with Crippen LogP contribution in [0.1, 0.15) is 35.4 Å². The number of methoxy groups -OCH3 is 1. The maximum Gasteiger partial charge on any atom is 0.238 e. The van der Waals surface area contributed by atoms with Crippen LogP contribution >= 0.6 is 34.2 Å². The molecule has 1 saturated heterocycles. The molecule has 0 spiro atoms. The monoisotopic (exact) mass is 795 g/mol. The van der Waals surface area contributed by atoms with Crippen molar-refractivity contribution in [3.63, 3.8) is 0 Å². The molecule has 8 rings (SSSR count). The summed E-state index contributed by atoms with van der Waals surface area (Å²) in [5.74, 6) is -4.25. The van der Waals surface area contributed by atoms with Crippen LogP contribution in [0.25, 0.3) is 5.57 Å². The van der Waals surface area contributed by atoms with Gasteiger partial charge >= 0.3 is 0 Å². The number of Topliss-reactive ketones (excluding diaryl/α,β-unsaturated/α-hetero) is 1. The lowest BCUT2D eigenvalue weighted by atomic mass is 9.44. The summed E-state index contributed by atoms with van der Waals surface area (Å²) in [4.78, 5) is 60.0. The van der Waals surface area contributed by atoms with Gasteiger partial charge in [-0.3, -0.25) is 24.1 Å². The zero-order valence-electron chi connectivity index (χ0n) is 26.9. The Morgan fingerprint density at radius 1 is 0.880 bits per heavy atom. The van der Waals surface area contributed by atoms with Gasteiger partial charge in [0.05, 0.1) is 33.6 Å². The Balaban J connectivity index is 1.38. The molecule has 6 atom stereocenters. The van der Waals surface area contributed by atoms with E-state index in [-0.39, 0.29) is 41.3 Å². The molecule has 1 N–H and O–H groups in total. The van der Waals surface area contributed by atoms with E-state index in [1.54, 1.807) is 30.3 Å². The van der Waals surface area contributed by atoms with Crippen molar-refractivity contribution >= 4 is 68.8 Å².